The zero-order valence-corrected chi connectivity index (χ0v) is 17.7. The van der Waals surface area contributed by atoms with Crippen molar-refractivity contribution in [1.29, 1.82) is 0 Å². The summed E-state index contributed by atoms with van der Waals surface area (Å²) in [7, 11) is 3.51. The molecule has 1 aliphatic heterocycles. The average molecular weight is 418 g/mol. The number of aromatic nitrogens is 2. The Kier molecular flexibility index (Phi) is 6.02. The van der Waals surface area contributed by atoms with Gasteiger partial charge in [-0.05, 0) is 41.8 Å². The summed E-state index contributed by atoms with van der Waals surface area (Å²) in [4.78, 5) is 31.2. The number of benzene rings is 2. The molecule has 1 saturated heterocycles. The van der Waals surface area contributed by atoms with Gasteiger partial charge in [0.25, 0.3) is 5.91 Å². The molecule has 0 saturated carbocycles. The van der Waals surface area contributed by atoms with Crippen molar-refractivity contribution in [2.24, 2.45) is 7.05 Å². The fraction of sp³-hybridized carbons (Fsp3) is 0.292. The number of methoxy groups -OCH3 is 1. The third-order valence-corrected chi connectivity index (χ3v) is 5.58. The fourth-order valence-electron chi connectivity index (χ4n) is 3.84. The van der Waals surface area contributed by atoms with Crippen molar-refractivity contribution in [1.82, 2.24) is 19.8 Å². The van der Waals surface area contributed by atoms with Crippen molar-refractivity contribution in [2.45, 2.75) is 25.4 Å². The lowest BCUT2D eigenvalue weighted by Crippen LogP contribution is -2.31. The molecule has 0 aliphatic carbocycles. The van der Waals surface area contributed by atoms with E-state index in [4.69, 9.17) is 4.74 Å². The van der Waals surface area contributed by atoms with E-state index in [0.717, 1.165) is 29.9 Å². The standard InChI is InChI=1S/C24H26N4O3/c1-27-14-12-25-23(27)22(19-5-3-6-20(15-19)31-2)26-24(30)18-10-8-17(9-11-18)16-28-13-4-7-21(28)29/h3,5-6,8-12,14-15,22H,4,7,13,16H2,1-2H3,(H,26,30). The lowest BCUT2D eigenvalue weighted by atomic mass is 10.0. The first-order valence-corrected chi connectivity index (χ1v) is 10.3. The second-order valence-corrected chi connectivity index (χ2v) is 7.70. The molecule has 1 N–H and O–H groups in total. The van der Waals surface area contributed by atoms with Gasteiger partial charge in [-0.15, -0.1) is 0 Å². The quantitative estimate of drug-likeness (QED) is 0.640. The predicted molar refractivity (Wildman–Crippen MR) is 117 cm³/mol. The molecular formula is C24H26N4O3. The van der Waals surface area contributed by atoms with Gasteiger partial charge in [-0.2, -0.15) is 0 Å². The Morgan fingerprint density at radius 2 is 2.03 bits per heavy atom. The van der Waals surface area contributed by atoms with E-state index < -0.39 is 6.04 Å². The van der Waals surface area contributed by atoms with Crippen molar-refractivity contribution in [3.8, 4) is 5.75 Å². The summed E-state index contributed by atoms with van der Waals surface area (Å²) >= 11 is 0. The second kappa shape index (κ2) is 9.04. The minimum Gasteiger partial charge on any atom is -0.497 e. The second-order valence-electron chi connectivity index (χ2n) is 7.70. The third-order valence-electron chi connectivity index (χ3n) is 5.58. The molecule has 2 heterocycles. The number of amides is 2. The minimum absolute atomic E-state index is 0.193. The number of imidazole rings is 1. The number of ether oxygens (including phenoxy) is 1. The predicted octanol–water partition coefficient (Wildman–Crippen LogP) is 3.07. The minimum atomic E-state index is -0.426. The van der Waals surface area contributed by atoms with E-state index >= 15 is 0 Å². The van der Waals surface area contributed by atoms with Crippen LogP contribution < -0.4 is 10.1 Å². The molecule has 1 unspecified atom stereocenters. The molecule has 1 aromatic heterocycles. The molecule has 31 heavy (non-hydrogen) atoms. The Morgan fingerprint density at radius 1 is 1.23 bits per heavy atom. The molecule has 1 aliphatic rings. The number of aryl methyl sites for hydroxylation is 1. The first-order chi connectivity index (χ1) is 15.0. The van der Waals surface area contributed by atoms with Crippen LogP contribution >= 0.6 is 0 Å². The smallest absolute Gasteiger partial charge is 0.252 e. The SMILES string of the molecule is COc1cccc(C(NC(=O)c2ccc(CN3CCCC3=O)cc2)c2nccn2C)c1. The number of nitrogens with one attached hydrogen (secondary N) is 1. The molecule has 1 atom stereocenters. The number of carbonyl (C=O) groups excluding carboxylic acids is 2. The van der Waals surface area contributed by atoms with Gasteiger partial charge in [-0.1, -0.05) is 24.3 Å². The first kappa shape index (κ1) is 20.7. The molecule has 7 heteroatoms. The van der Waals surface area contributed by atoms with Crippen LogP contribution in [0, 0.1) is 0 Å². The molecule has 0 radical (unpaired) electrons. The van der Waals surface area contributed by atoms with Gasteiger partial charge in [-0.25, -0.2) is 4.98 Å². The van der Waals surface area contributed by atoms with Crippen molar-refractivity contribution >= 4 is 11.8 Å². The van der Waals surface area contributed by atoms with E-state index in [2.05, 4.69) is 10.3 Å². The molecule has 0 bridgehead atoms. The van der Waals surface area contributed by atoms with Crippen molar-refractivity contribution in [2.75, 3.05) is 13.7 Å². The summed E-state index contributed by atoms with van der Waals surface area (Å²) in [5.74, 6) is 1.44. The highest BCUT2D eigenvalue weighted by atomic mass is 16.5. The Labute approximate surface area is 181 Å². The van der Waals surface area contributed by atoms with Gasteiger partial charge in [0.15, 0.2) is 0 Å². The number of rotatable bonds is 7. The molecule has 160 valence electrons. The van der Waals surface area contributed by atoms with E-state index in [-0.39, 0.29) is 11.8 Å². The maximum Gasteiger partial charge on any atom is 0.252 e. The molecule has 3 aromatic rings. The van der Waals surface area contributed by atoms with Crippen LogP contribution in [0.2, 0.25) is 0 Å². The molecular weight excluding hydrogens is 392 g/mol. The van der Waals surface area contributed by atoms with Gasteiger partial charge in [-0.3, -0.25) is 9.59 Å². The number of nitrogens with zero attached hydrogens (tertiary/aromatic N) is 3. The molecule has 1 fully saturated rings. The first-order valence-electron chi connectivity index (χ1n) is 10.3. The summed E-state index contributed by atoms with van der Waals surface area (Å²) in [6.07, 6.45) is 5.10. The normalized spacial score (nSPS) is 14.5. The highest BCUT2D eigenvalue weighted by Crippen LogP contribution is 2.25. The van der Waals surface area contributed by atoms with Crippen LogP contribution in [0.15, 0.2) is 60.9 Å². The van der Waals surface area contributed by atoms with Gasteiger partial charge in [0.05, 0.1) is 7.11 Å². The Morgan fingerprint density at radius 3 is 2.68 bits per heavy atom. The third kappa shape index (κ3) is 4.60. The van der Waals surface area contributed by atoms with Crippen LogP contribution in [-0.2, 0) is 18.4 Å². The molecule has 4 rings (SSSR count). The van der Waals surface area contributed by atoms with Gasteiger partial charge < -0.3 is 19.5 Å². The van der Waals surface area contributed by atoms with Gasteiger partial charge >= 0.3 is 0 Å². The molecule has 0 spiro atoms. The maximum absolute atomic E-state index is 13.1. The topological polar surface area (TPSA) is 76.5 Å². The molecule has 2 aromatic carbocycles. The lowest BCUT2D eigenvalue weighted by molar-refractivity contribution is -0.128. The van der Waals surface area contributed by atoms with Crippen LogP contribution in [0.1, 0.15) is 46.2 Å². The van der Waals surface area contributed by atoms with E-state index in [9.17, 15) is 9.59 Å². The van der Waals surface area contributed by atoms with Crippen LogP contribution in [0.25, 0.3) is 0 Å². The number of hydrogen-bond acceptors (Lipinski definition) is 4. The monoisotopic (exact) mass is 418 g/mol. The van der Waals surface area contributed by atoms with E-state index in [1.54, 1.807) is 25.4 Å². The Hall–Kier alpha value is -3.61. The van der Waals surface area contributed by atoms with Crippen molar-refractivity contribution < 1.29 is 14.3 Å². The number of carbonyl (C=O) groups is 2. The van der Waals surface area contributed by atoms with Crippen LogP contribution in [-0.4, -0.2) is 39.9 Å². The summed E-state index contributed by atoms with van der Waals surface area (Å²) in [5, 5.41) is 3.10. The zero-order chi connectivity index (χ0) is 21.8. The summed E-state index contributed by atoms with van der Waals surface area (Å²) in [6.45, 7) is 1.38. The van der Waals surface area contributed by atoms with Crippen LogP contribution in [0.4, 0.5) is 0 Å². The summed E-state index contributed by atoms with van der Waals surface area (Å²) in [6, 6.07) is 14.6. The average Bonchev–Trinajstić information content (AvgIpc) is 3.40. The van der Waals surface area contributed by atoms with Crippen LogP contribution in [0.3, 0.4) is 0 Å². The van der Waals surface area contributed by atoms with Gasteiger partial charge in [0.1, 0.15) is 17.6 Å². The number of hydrogen-bond donors (Lipinski definition) is 1. The Bertz CT molecular complexity index is 1070. The highest BCUT2D eigenvalue weighted by molar-refractivity contribution is 5.94. The molecule has 2 amide bonds. The number of likely N-dealkylation sites (tertiary alicyclic amines) is 1. The van der Waals surface area contributed by atoms with Gasteiger partial charge in [0.2, 0.25) is 5.91 Å². The van der Waals surface area contributed by atoms with E-state index in [1.807, 2.05) is 59.1 Å². The van der Waals surface area contributed by atoms with E-state index in [0.29, 0.717) is 24.3 Å². The Balaban J connectivity index is 1.53. The molecule has 7 nitrogen and oxygen atoms in total. The summed E-state index contributed by atoms with van der Waals surface area (Å²) in [5.41, 5.74) is 2.45. The van der Waals surface area contributed by atoms with Crippen LogP contribution in [0.5, 0.6) is 5.75 Å². The lowest BCUT2D eigenvalue weighted by Gasteiger charge is -2.20. The summed E-state index contributed by atoms with van der Waals surface area (Å²) < 4.78 is 7.24. The van der Waals surface area contributed by atoms with Crippen molar-refractivity contribution in [3.63, 3.8) is 0 Å². The zero-order valence-electron chi connectivity index (χ0n) is 17.7. The largest absolute Gasteiger partial charge is 0.497 e. The van der Waals surface area contributed by atoms with Gasteiger partial charge in [0, 0.05) is 44.5 Å². The van der Waals surface area contributed by atoms with E-state index in [1.165, 1.54) is 0 Å². The van der Waals surface area contributed by atoms with Crippen molar-refractivity contribution in [3.05, 3.63) is 83.4 Å². The fourth-order valence-corrected chi connectivity index (χ4v) is 3.84. The maximum atomic E-state index is 13.1. The highest BCUT2D eigenvalue weighted by Gasteiger charge is 2.23.